The second-order valence-electron chi connectivity index (χ2n) is 4.23. The van der Waals surface area contributed by atoms with Crippen LogP contribution in [0, 0.1) is 0 Å². The lowest BCUT2D eigenvalue weighted by molar-refractivity contribution is 0.172. The third-order valence-corrected chi connectivity index (χ3v) is 4.01. The minimum atomic E-state index is -0.854. The lowest BCUT2D eigenvalue weighted by Gasteiger charge is -2.17. The van der Waals surface area contributed by atoms with Crippen LogP contribution in [-0.4, -0.2) is 33.9 Å². The smallest absolute Gasteiger partial charge is 0.0929 e. The molecule has 0 bridgehead atoms. The summed E-state index contributed by atoms with van der Waals surface area (Å²) in [7, 11) is -0.854. The van der Waals surface area contributed by atoms with Gasteiger partial charge in [0.15, 0.2) is 0 Å². The van der Waals surface area contributed by atoms with Gasteiger partial charge in [0, 0.05) is 51.0 Å². The highest BCUT2D eigenvalue weighted by Crippen LogP contribution is 2.25. The zero-order valence-electron chi connectivity index (χ0n) is 10.3. The first-order chi connectivity index (χ1) is 8.40. The Morgan fingerprint density at radius 1 is 1.44 bits per heavy atom. The van der Waals surface area contributed by atoms with Gasteiger partial charge in [0.2, 0.25) is 0 Å². The van der Waals surface area contributed by atoms with Crippen molar-refractivity contribution in [2.45, 2.75) is 19.1 Å². The van der Waals surface area contributed by atoms with Gasteiger partial charge in [-0.1, -0.05) is 23.2 Å². The molecule has 3 nitrogen and oxygen atoms in total. The summed E-state index contributed by atoms with van der Waals surface area (Å²) in [5.74, 6) is 0.552. The summed E-state index contributed by atoms with van der Waals surface area (Å²) < 4.78 is 11.0. The zero-order chi connectivity index (χ0) is 13.7. The van der Waals surface area contributed by atoms with E-state index in [1.54, 1.807) is 24.5 Å². The molecule has 0 heterocycles. The van der Waals surface area contributed by atoms with Crippen molar-refractivity contribution in [3.05, 3.63) is 33.8 Å². The van der Waals surface area contributed by atoms with E-state index in [-0.39, 0.29) is 6.04 Å². The summed E-state index contributed by atoms with van der Waals surface area (Å²) in [4.78, 5) is 0. The molecule has 0 aliphatic carbocycles. The van der Waals surface area contributed by atoms with Crippen LogP contribution in [0.1, 0.15) is 18.6 Å². The van der Waals surface area contributed by atoms with Crippen molar-refractivity contribution < 1.29 is 9.32 Å². The molecule has 0 saturated heterocycles. The molecule has 0 spiro atoms. The molecule has 6 heteroatoms. The molecule has 0 aliphatic rings. The first-order valence-electron chi connectivity index (χ1n) is 5.56. The number of hydrogen-bond donors (Lipinski definition) is 2. The summed E-state index contributed by atoms with van der Waals surface area (Å²) in [6, 6.07) is 5.06. The van der Waals surface area contributed by atoms with Gasteiger partial charge >= 0.3 is 0 Å². The Labute approximate surface area is 120 Å². The van der Waals surface area contributed by atoms with Gasteiger partial charge in [-0.15, -0.1) is 0 Å². The third-order valence-electron chi connectivity index (χ3n) is 2.46. The molecule has 1 aromatic rings. The van der Waals surface area contributed by atoms with E-state index < -0.39 is 16.9 Å². The summed E-state index contributed by atoms with van der Waals surface area (Å²) in [6.45, 7) is 2.27. The van der Waals surface area contributed by atoms with Crippen LogP contribution in [0.4, 0.5) is 0 Å². The van der Waals surface area contributed by atoms with E-state index in [9.17, 15) is 9.32 Å². The molecule has 18 heavy (non-hydrogen) atoms. The predicted molar refractivity (Wildman–Crippen MR) is 77.8 cm³/mol. The van der Waals surface area contributed by atoms with Gasteiger partial charge in [0.1, 0.15) is 0 Å². The largest absolute Gasteiger partial charge is 0.387 e. The first kappa shape index (κ1) is 15.9. The average molecular weight is 310 g/mol. The first-order valence-corrected chi connectivity index (χ1v) is 8.05. The highest BCUT2D eigenvalue weighted by molar-refractivity contribution is 7.84. The fraction of sp³-hybridized carbons (Fsp3) is 0.500. The average Bonchev–Trinajstić information content (AvgIpc) is 2.28. The maximum Gasteiger partial charge on any atom is 0.0929 e. The van der Waals surface area contributed by atoms with Crippen molar-refractivity contribution in [2.24, 2.45) is 0 Å². The van der Waals surface area contributed by atoms with Gasteiger partial charge in [0.25, 0.3) is 0 Å². The number of nitrogens with one attached hydrogen (secondary N) is 1. The number of rotatable bonds is 6. The highest BCUT2D eigenvalue weighted by atomic mass is 35.5. The van der Waals surface area contributed by atoms with Crippen LogP contribution in [0.15, 0.2) is 18.2 Å². The van der Waals surface area contributed by atoms with Crippen LogP contribution < -0.4 is 5.32 Å². The summed E-state index contributed by atoms with van der Waals surface area (Å²) in [6.07, 6.45) is 0.923. The molecule has 0 amide bonds. The van der Waals surface area contributed by atoms with E-state index in [4.69, 9.17) is 23.2 Å². The van der Waals surface area contributed by atoms with Gasteiger partial charge in [-0.25, -0.2) is 0 Å². The van der Waals surface area contributed by atoms with Gasteiger partial charge in [-0.2, -0.15) is 0 Å². The van der Waals surface area contributed by atoms with E-state index in [0.29, 0.717) is 27.9 Å². The molecule has 102 valence electrons. The van der Waals surface area contributed by atoms with Gasteiger partial charge in [0.05, 0.1) is 6.10 Å². The maximum atomic E-state index is 11.0. The Hall–Kier alpha value is -0.130. The van der Waals surface area contributed by atoms with E-state index in [1.165, 1.54) is 0 Å². The molecule has 2 N–H and O–H groups in total. The van der Waals surface area contributed by atoms with Crippen LogP contribution in [0.5, 0.6) is 0 Å². The van der Waals surface area contributed by atoms with Gasteiger partial charge < -0.3 is 10.4 Å². The molecular formula is C12H17Cl2NO2S. The van der Waals surface area contributed by atoms with Crippen LogP contribution in [-0.2, 0) is 10.8 Å². The third kappa shape index (κ3) is 5.24. The second-order valence-corrected chi connectivity index (χ2v) is 6.55. The predicted octanol–water partition coefficient (Wildman–Crippen LogP) is 2.38. The maximum absolute atomic E-state index is 11.0. The summed E-state index contributed by atoms with van der Waals surface area (Å²) in [5, 5.41) is 14.2. The molecule has 3 atom stereocenters. The number of benzene rings is 1. The molecule has 1 rings (SSSR count). The van der Waals surface area contributed by atoms with E-state index in [2.05, 4.69) is 5.32 Å². The molecule has 0 saturated carbocycles. The molecule has 0 aromatic heterocycles. The Morgan fingerprint density at radius 3 is 2.72 bits per heavy atom. The van der Waals surface area contributed by atoms with Crippen molar-refractivity contribution in [1.29, 1.82) is 0 Å². The highest BCUT2D eigenvalue weighted by Gasteiger charge is 2.13. The number of hydrogen-bond acceptors (Lipinski definition) is 3. The lowest BCUT2D eigenvalue weighted by Crippen LogP contribution is -2.34. The minimum absolute atomic E-state index is 0.0726. The second kappa shape index (κ2) is 7.46. The fourth-order valence-corrected chi connectivity index (χ4v) is 2.85. The topological polar surface area (TPSA) is 49.3 Å². The Kier molecular flexibility index (Phi) is 6.60. The Balaban J connectivity index is 2.57. The standard InChI is InChI=1S/C12H17Cl2NO2S/c1-8(7-18(2)17)15-6-12(16)10-5-9(13)3-4-11(10)14/h3-5,8,12,15-16H,6-7H2,1-2H3. The summed E-state index contributed by atoms with van der Waals surface area (Å²) >= 11 is 11.9. The number of aliphatic hydroxyl groups is 1. The Morgan fingerprint density at radius 2 is 2.11 bits per heavy atom. The summed E-state index contributed by atoms with van der Waals surface area (Å²) in [5.41, 5.74) is 0.599. The van der Waals surface area contributed by atoms with Crippen LogP contribution in [0.25, 0.3) is 0 Å². The normalized spacial score (nSPS) is 16.3. The van der Waals surface area contributed by atoms with E-state index in [0.717, 1.165) is 0 Å². The van der Waals surface area contributed by atoms with Crippen molar-refractivity contribution in [3.8, 4) is 0 Å². The molecule has 0 aliphatic heterocycles. The van der Waals surface area contributed by atoms with Crippen molar-refractivity contribution >= 4 is 34.0 Å². The monoisotopic (exact) mass is 309 g/mol. The SMILES string of the molecule is CC(CS(C)=O)NCC(O)c1cc(Cl)ccc1Cl. The van der Waals surface area contributed by atoms with Crippen LogP contribution in [0.2, 0.25) is 10.0 Å². The van der Waals surface area contributed by atoms with Gasteiger partial charge in [-0.05, 0) is 25.1 Å². The molecule has 0 radical (unpaired) electrons. The molecule has 0 fully saturated rings. The molecular weight excluding hydrogens is 293 g/mol. The van der Waals surface area contributed by atoms with Crippen LogP contribution in [0.3, 0.4) is 0 Å². The number of aliphatic hydroxyl groups excluding tert-OH is 1. The van der Waals surface area contributed by atoms with Crippen molar-refractivity contribution in [3.63, 3.8) is 0 Å². The Bertz CT molecular complexity index is 429. The minimum Gasteiger partial charge on any atom is -0.387 e. The van der Waals surface area contributed by atoms with Gasteiger partial charge in [-0.3, -0.25) is 4.21 Å². The van der Waals surface area contributed by atoms with Crippen LogP contribution >= 0.6 is 23.2 Å². The van der Waals surface area contributed by atoms with Crippen molar-refractivity contribution in [1.82, 2.24) is 5.32 Å². The zero-order valence-corrected chi connectivity index (χ0v) is 12.6. The quantitative estimate of drug-likeness (QED) is 0.848. The molecule has 3 unspecified atom stereocenters. The van der Waals surface area contributed by atoms with E-state index >= 15 is 0 Å². The molecule has 1 aromatic carbocycles. The van der Waals surface area contributed by atoms with Crippen molar-refractivity contribution in [2.75, 3.05) is 18.6 Å². The number of halogens is 2. The fourth-order valence-electron chi connectivity index (χ4n) is 1.60. The van der Waals surface area contributed by atoms with E-state index in [1.807, 2.05) is 6.92 Å². The lowest BCUT2D eigenvalue weighted by atomic mass is 10.1.